The second-order valence-electron chi connectivity index (χ2n) is 7.04. The van der Waals surface area contributed by atoms with Gasteiger partial charge in [-0.05, 0) is 17.7 Å². The van der Waals surface area contributed by atoms with Crippen molar-refractivity contribution in [2.75, 3.05) is 18.3 Å². The van der Waals surface area contributed by atoms with E-state index in [4.69, 9.17) is 18.7 Å². The van der Waals surface area contributed by atoms with Crippen LogP contribution in [-0.4, -0.2) is 29.4 Å². The normalized spacial score (nSPS) is 20.9. The second-order valence-corrected chi connectivity index (χ2v) is 7.04. The molecule has 1 unspecified atom stereocenters. The first-order valence-corrected chi connectivity index (χ1v) is 9.06. The van der Waals surface area contributed by atoms with Crippen molar-refractivity contribution < 1.29 is 27.9 Å². The molecule has 0 fully saturated rings. The zero-order valence-electron chi connectivity index (χ0n) is 15.1. The number of benzene rings is 2. The molecule has 1 atom stereocenters. The highest BCUT2D eigenvalue weighted by atomic mass is 19.1. The SMILES string of the molecule is O=C1N(Cc2noc(CF)n2)c2ccccc2C12COc1cc3c(cc12)OCO3. The fourth-order valence-corrected chi connectivity index (χ4v) is 4.27. The van der Waals surface area contributed by atoms with Gasteiger partial charge in [0.1, 0.15) is 17.8 Å². The van der Waals surface area contributed by atoms with Gasteiger partial charge in [0.2, 0.25) is 12.7 Å². The number of rotatable bonds is 3. The van der Waals surface area contributed by atoms with Gasteiger partial charge in [-0.3, -0.25) is 4.79 Å². The molecule has 3 aliphatic heterocycles. The Kier molecular flexibility index (Phi) is 3.21. The number of ether oxygens (including phenoxy) is 3. The number of alkyl halides is 1. The fraction of sp³-hybridized carbons (Fsp3) is 0.250. The number of amides is 1. The van der Waals surface area contributed by atoms with E-state index in [0.29, 0.717) is 17.2 Å². The Labute approximate surface area is 163 Å². The average molecular weight is 395 g/mol. The maximum Gasteiger partial charge on any atom is 0.258 e. The summed E-state index contributed by atoms with van der Waals surface area (Å²) in [7, 11) is 0. The van der Waals surface area contributed by atoms with Crippen molar-refractivity contribution in [1.82, 2.24) is 10.1 Å². The van der Waals surface area contributed by atoms with E-state index < -0.39 is 12.1 Å². The van der Waals surface area contributed by atoms with Crippen molar-refractivity contribution in [1.29, 1.82) is 0 Å². The van der Waals surface area contributed by atoms with Gasteiger partial charge in [-0.1, -0.05) is 23.4 Å². The molecule has 4 heterocycles. The molecule has 0 bridgehead atoms. The van der Waals surface area contributed by atoms with Gasteiger partial charge in [0.05, 0.1) is 6.54 Å². The van der Waals surface area contributed by atoms with Crippen LogP contribution in [0.25, 0.3) is 0 Å². The first kappa shape index (κ1) is 16.3. The quantitative estimate of drug-likeness (QED) is 0.673. The lowest BCUT2D eigenvalue weighted by Crippen LogP contribution is -2.42. The van der Waals surface area contributed by atoms with Crippen molar-refractivity contribution in [3.63, 3.8) is 0 Å². The Balaban J connectivity index is 1.48. The maximum absolute atomic E-state index is 13.7. The number of nitrogens with zero attached hydrogens (tertiary/aromatic N) is 3. The van der Waals surface area contributed by atoms with Gasteiger partial charge in [-0.2, -0.15) is 4.98 Å². The molecule has 29 heavy (non-hydrogen) atoms. The Hall–Kier alpha value is -3.62. The number of hydrogen-bond acceptors (Lipinski definition) is 7. The van der Waals surface area contributed by atoms with Crippen LogP contribution in [0.5, 0.6) is 17.2 Å². The molecule has 0 radical (unpaired) electrons. The predicted molar refractivity (Wildman–Crippen MR) is 95.6 cm³/mol. The molecule has 1 spiro atoms. The molecule has 0 N–H and O–H groups in total. The standard InChI is InChI=1S/C20H14FN3O5/c21-7-18-22-17(23-29-18)8-24-13-4-2-1-3-11(13)20(19(24)25)9-26-14-6-16-15(5-12(14)20)27-10-28-16/h1-6H,7-10H2. The Morgan fingerprint density at radius 3 is 2.72 bits per heavy atom. The Morgan fingerprint density at radius 2 is 1.90 bits per heavy atom. The van der Waals surface area contributed by atoms with E-state index in [-0.39, 0.29) is 37.6 Å². The van der Waals surface area contributed by atoms with Crippen molar-refractivity contribution >= 4 is 11.6 Å². The zero-order chi connectivity index (χ0) is 19.6. The van der Waals surface area contributed by atoms with E-state index in [0.717, 1.165) is 16.8 Å². The van der Waals surface area contributed by atoms with Crippen LogP contribution in [0.1, 0.15) is 22.8 Å². The van der Waals surface area contributed by atoms with Gasteiger partial charge < -0.3 is 23.6 Å². The van der Waals surface area contributed by atoms with Gasteiger partial charge in [-0.15, -0.1) is 0 Å². The van der Waals surface area contributed by atoms with E-state index in [1.165, 1.54) is 0 Å². The van der Waals surface area contributed by atoms with Crippen LogP contribution < -0.4 is 19.1 Å². The summed E-state index contributed by atoms with van der Waals surface area (Å²) in [6, 6.07) is 11.1. The van der Waals surface area contributed by atoms with Crippen molar-refractivity contribution in [2.45, 2.75) is 18.6 Å². The number of hydrogen-bond donors (Lipinski definition) is 0. The molecule has 8 nitrogen and oxygen atoms in total. The monoisotopic (exact) mass is 395 g/mol. The topological polar surface area (TPSA) is 86.9 Å². The second kappa shape index (κ2) is 5.69. The van der Waals surface area contributed by atoms with Crippen LogP contribution in [0, 0.1) is 0 Å². The molecular weight excluding hydrogens is 381 g/mol. The van der Waals surface area contributed by atoms with Gasteiger partial charge in [0, 0.05) is 17.3 Å². The van der Waals surface area contributed by atoms with Gasteiger partial charge in [-0.25, -0.2) is 4.39 Å². The maximum atomic E-state index is 13.7. The molecular formula is C20H14FN3O5. The highest BCUT2D eigenvalue weighted by Gasteiger charge is 2.57. The molecule has 0 saturated carbocycles. The molecule has 3 aliphatic rings. The number of para-hydroxylation sites is 1. The molecule has 0 saturated heterocycles. The van der Waals surface area contributed by atoms with E-state index in [1.807, 2.05) is 30.3 Å². The predicted octanol–water partition coefficient (Wildman–Crippen LogP) is 2.49. The van der Waals surface area contributed by atoms with E-state index in [1.54, 1.807) is 11.0 Å². The summed E-state index contributed by atoms with van der Waals surface area (Å²) in [5.41, 5.74) is 1.30. The molecule has 6 rings (SSSR count). The van der Waals surface area contributed by atoms with E-state index in [9.17, 15) is 9.18 Å². The molecule has 1 aromatic heterocycles. The highest BCUT2D eigenvalue weighted by molar-refractivity contribution is 6.11. The third-order valence-electron chi connectivity index (χ3n) is 5.57. The van der Waals surface area contributed by atoms with Crippen LogP contribution in [-0.2, 0) is 23.4 Å². The Bertz CT molecular complexity index is 1160. The minimum absolute atomic E-state index is 0.0704. The number of carbonyl (C=O) groups excluding carboxylic acids is 1. The largest absolute Gasteiger partial charge is 0.491 e. The van der Waals surface area contributed by atoms with Gasteiger partial charge >= 0.3 is 0 Å². The lowest BCUT2D eigenvalue weighted by Gasteiger charge is -2.22. The van der Waals surface area contributed by atoms with Gasteiger partial charge in [0.25, 0.3) is 5.89 Å². The zero-order valence-corrected chi connectivity index (χ0v) is 15.1. The van der Waals surface area contributed by atoms with Gasteiger partial charge in [0.15, 0.2) is 24.0 Å². The lowest BCUT2D eigenvalue weighted by atomic mass is 9.77. The molecule has 1 amide bonds. The number of fused-ring (bicyclic) bond motifs is 5. The van der Waals surface area contributed by atoms with Crippen molar-refractivity contribution in [2.24, 2.45) is 0 Å². The van der Waals surface area contributed by atoms with Crippen molar-refractivity contribution in [3.8, 4) is 17.2 Å². The summed E-state index contributed by atoms with van der Waals surface area (Å²) in [5.74, 6) is 1.74. The van der Waals surface area contributed by atoms with E-state index in [2.05, 4.69) is 10.1 Å². The Morgan fingerprint density at radius 1 is 1.07 bits per heavy atom. The first-order valence-electron chi connectivity index (χ1n) is 9.06. The minimum atomic E-state index is -1.00. The summed E-state index contributed by atoms with van der Waals surface area (Å²) in [4.78, 5) is 19.3. The summed E-state index contributed by atoms with van der Waals surface area (Å²) in [5, 5.41) is 3.78. The minimum Gasteiger partial charge on any atom is -0.491 e. The summed E-state index contributed by atoms with van der Waals surface area (Å²) in [6.07, 6.45) is 0. The fourth-order valence-electron chi connectivity index (χ4n) is 4.27. The highest BCUT2D eigenvalue weighted by Crippen LogP contribution is 2.55. The number of carbonyl (C=O) groups is 1. The smallest absolute Gasteiger partial charge is 0.258 e. The number of anilines is 1. The molecule has 0 aliphatic carbocycles. The summed E-state index contributed by atoms with van der Waals surface area (Å²) in [6.45, 7) is -0.479. The molecule has 146 valence electrons. The number of aromatic nitrogens is 2. The molecule has 9 heteroatoms. The first-order chi connectivity index (χ1) is 14.2. The summed E-state index contributed by atoms with van der Waals surface area (Å²) >= 11 is 0. The van der Waals surface area contributed by atoms with Crippen LogP contribution in [0.3, 0.4) is 0 Å². The molecule has 3 aromatic rings. The lowest BCUT2D eigenvalue weighted by molar-refractivity contribution is -0.122. The summed E-state index contributed by atoms with van der Waals surface area (Å²) < 4.78 is 34.5. The van der Waals surface area contributed by atoms with Crippen LogP contribution in [0.4, 0.5) is 10.1 Å². The third kappa shape index (κ3) is 2.09. The van der Waals surface area contributed by atoms with E-state index >= 15 is 0 Å². The van der Waals surface area contributed by atoms with Crippen LogP contribution in [0.2, 0.25) is 0 Å². The van der Waals surface area contributed by atoms with Crippen molar-refractivity contribution in [3.05, 3.63) is 59.2 Å². The molecule has 2 aromatic carbocycles. The van der Waals surface area contributed by atoms with Crippen LogP contribution >= 0.6 is 0 Å². The van der Waals surface area contributed by atoms with Crippen LogP contribution in [0.15, 0.2) is 40.9 Å². The number of halogens is 1. The average Bonchev–Trinajstić information content (AvgIpc) is 3.51. The third-order valence-corrected chi connectivity index (χ3v) is 5.57.